The predicted molar refractivity (Wildman–Crippen MR) is 99.9 cm³/mol. The van der Waals surface area contributed by atoms with E-state index in [2.05, 4.69) is 6.08 Å². The van der Waals surface area contributed by atoms with E-state index in [1.165, 1.54) is 40.6 Å². The summed E-state index contributed by atoms with van der Waals surface area (Å²) in [6.07, 6.45) is 6.92. The lowest BCUT2D eigenvalue weighted by Crippen LogP contribution is -2.50. The summed E-state index contributed by atoms with van der Waals surface area (Å²) in [4.78, 5) is 25.2. The zero-order valence-electron chi connectivity index (χ0n) is 15.1. The molecular formula is C19H24N2O5S. The van der Waals surface area contributed by atoms with Gasteiger partial charge in [0.15, 0.2) is 0 Å². The van der Waals surface area contributed by atoms with Crippen LogP contribution in [0, 0.1) is 0 Å². The molecule has 1 fully saturated rings. The minimum Gasteiger partial charge on any atom is -0.478 e. The van der Waals surface area contributed by atoms with Crippen molar-refractivity contribution in [2.24, 2.45) is 0 Å². The van der Waals surface area contributed by atoms with Gasteiger partial charge >= 0.3 is 5.97 Å². The number of hydrogen-bond donors (Lipinski definition) is 1. The van der Waals surface area contributed by atoms with Crippen LogP contribution in [-0.2, 0) is 14.8 Å². The summed E-state index contributed by atoms with van der Waals surface area (Å²) >= 11 is 0. The molecule has 3 rings (SSSR count). The molecule has 1 heterocycles. The average Bonchev–Trinajstić information content (AvgIpc) is 2.69. The number of carbonyl (C=O) groups is 2. The molecule has 1 aliphatic heterocycles. The molecule has 2 aliphatic rings. The van der Waals surface area contributed by atoms with E-state index in [4.69, 9.17) is 5.11 Å². The Morgan fingerprint density at radius 3 is 2.22 bits per heavy atom. The van der Waals surface area contributed by atoms with Crippen molar-refractivity contribution in [1.29, 1.82) is 0 Å². The molecule has 0 aromatic heterocycles. The number of hydrogen-bond acceptors (Lipinski definition) is 4. The molecule has 1 aromatic carbocycles. The first-order valence-corrected chi connectivity index (χ1v) is 10.6. The molecule has 0 unspecified atom stereocenters. The highest BCUT2D eigenvalue weighted by molar-refractivity contribution is 7.89. The molecule has 146 valence electrons. The van der Waals surface area contributed by atoms with Crippen LogP contribution in [0.25, 0.3) is 0 Å². The number of benzene rings is 1. The number of piperazine rings is 1. The smallest absolute Gasteiger partial charge is 0.335 e. The number of aromatic carboxylic acids is 1. The van der Waals surface area contributed by atoms with Gasteiger partial charge in [0, 0.05) is 32.6 Å². The maximum atomic E-state index is 12.7. The summed E-state index contributed by atoms with van der Waals surface area (Å²) in [5.41, 5.74) is 1.24. The van der Waals surface area contributed by atoms with Crippen LogP contribution in [0.1, 0.15) is 42.5 Å². The van der Waals surface area contributed by atoms with Crippen molar-refractivity contribution in [2.75, 3.05) is 26.2 Å². The molecule has 0 saturated carbocycles. The predicted octanol–water partition coefficient (Wildman–Crippen LogP) is 2.11. The largest absolute Gasteiger partial charge is 0.478 e. The molecule has 27 heavy (non-hydrogen) atoms. The molecule has 0 radical (unpaired) electrons. The van der Waals surface area contributed by atoms with Crippen molar-refractivity contribution in [1.82, 2.24) is 9.21 Å². The van der Waals surface area contributed by atoms with Gasteiger partial charge in [-0.3, -0.25) is 4.79 Å². The Morgan fingerprint density at radius 2 is 1.67 bits per heavy atom. The summed E-state index contributed by atoms with van der Waals surface area (Å²) in [7, 11) is -3.69. The number of rotatable bonds is 5. The van der Waals surface area contributed by atoms with Crippen molar-refractivity contribution in [3.05, 3.63) is 41.5 Å². The second-order valence-corrected chi connectivity index (χ2v) is 8.84. The molecule has 1 N–H and O–H groups in total. The van der Waals surface area contributed by atoms with Gasteiger partial charge < -0.3 is 10.0 Å². The number of allylic oxidation sites excluding steroid dienone is 1. The zero-order chi connectivity index (χ0) is 19.4. The summed E-state index contributed by atoms with van der Waals surface area (Å²) in [6, 6.07) is 5.19. The molecular weight excluding hydrogens is 368 g/mol. The van der Waals surface area contributed by atoms with Crippen molar-refractivity contribution in [2.45, 2.75) is 37.0 Å². The number of nitrogens with zero attached hydrogens (tertiary/aromatic N) is 2. The van der Waals surface area contributed by atoms with Gasteiger partial charge in [-0.05, 0) is 49.9 Å². The van der Waals surface area contributed by atoms with Gasteiger partial charge in [0.05, 0.1) is 10.5 Å². The minimum atomic E-state index is -3.69. The third kappa shape index (κ3) is 4.56. The maximum Gasteiger partial charge on any atom is 0.335 e. The number of carboxylic acids is 1. The van der Waals surface area contributed by atoms with Gasteiger partial charge in [-0.1, -0.05) is 11.6 Å². The van der Waals surface area contributed by atoms with Crippen LogP contribution >= 0.6 is 0 Å². The molecule has 1 aromatic rings. The zero-order valence-corrected chi connectivity index (χ0v) is 16.0. The highest BCUT2D eigenvalue weighted by Crippen LogP contribution is 2.22. The highest BCUT2D eigenvalue weighted by atomic mass is 32.2. The normalized spacial score (nSPS) is 18.8. The number of sulfonamides is 1. The lowest BCUT2D eigenvalue weighted by atomic mass is 9.97. The summed E-state index contributed by atoms with van der Waals surface area (Å²) < 4.78 is 26.8. The molecule has 7 nitrogen and oxygen atoms in total. The van der Waals surface area contributed by atoms with Crippen LogP contribution in [0.5, 0.6) is 0 Å². The third-order valence-corrected chi connectivity index (χ3v) is 7.01. The van der Waals surface area contributed by atoms with E-state index in [-0.39, 0.29) is 29.5 Å². The Hall–Kier alpha value is -2.19. The Labute approximate surface area is 159 Å². The minimum absolute atomic E-state index is 0.0429. The van der Waals surface area contributed by atoms with E-state index < -0.39 is 16.0 Å². The van der Waals surface area contributed by atoms with Gasteiger partial charge in [-0.15, -0.1) is 0 Å². The Morgan fingerprint density at radius 1 is 1.00 bits per heavy atom. The lowest BCUT2D eigenvalue weighted by Gasteiger charge is -2.34. The average molecular weight is 392 g/mol. The fraction of sp³-hybridized carbons (Fsp3) is 0.474. The van der Waals surface area contributed by atoms with E-state index in [1.807, 2.05) is 0 Å². The van der Waals surface area contributed by atoms with Crippen LogP contribution in [0.3, 0.4) is 0 Å². The molecule has 0 atom stereocenters. The van der Waals surface area contributed by atoms with E-state index in [0.29, 0.717) is 19.5 Å². The Kier molecular flexibility index (Phi) is 5.96. The van der Waals surface area contributed by atoms with E-state index in [9.17, 15) is 18.0 Å². The van der Waals surface area contributed by atoms with Crippen molar-refractivity contribution < 1.29 is 23.1 Å². The van der Waals surface area contributed by atoms with E-state index in [0.717, 1.165) is 19.3 Å². The first kappa shape index (κ1) is 19.6. The SMILES string of the molecule is O=C(O)c1ccc(S(=O)(=O)N2CCN(C(=O)CC3=CCCCC3)CC2)cc1. The van der Waals surface area contributed by atoms with Gasteiger partial charge in [0.1, 0.15) is 0 Å². The molecule has 1 saturated heterocycles. The van der Waals surface area contributed by atoms with Crippen LogP contribution in [0.4, 0.5) is 0 Å². The van der Waals surface area contributed by atoms with Crippen molar-refractivity contribution >= 4 is 21.9 Å². The molecule has 0 bridgehead atoms. The quantitative estimate of drug-likeness (QED) is 0.775. The molecule has 1 aliphatic carbocycles. The Bertz CT molecular complexity index is 837. The number of amides is 1. The molecule has 1 amide bonds. The highest BCUT2D eigenvalue weighted by Gasteiger charge is 2.30. The molecule has 8 heteroatoms. The van der Waals surface area contributed by atoms with Crippen LogP contribution in [0.15, 0.2) is 40.8 Å². The first-order chi connectivity index (χ1) is 12.9. The topological polar surface area (TPSA) is 95.0 Å². The standard InChI is InChI=1S/C19H24N2O5S/c22-18(14-15-4-2-1-3-5-15)20-10-12-21(13-11-20)27(25,26)17-8-6-16(7-9-17)19(23)24/h4,6-9H,1-3,5,10-14H2,(H,23,24). The monoisotopic (exact) mass is 392 g/mol. The fourth-order valence-corrected chi connectivity index (χ4v) is 4.89. The number of carbonyl (C=O) groups excluding carboxylic acids is 1. The summed E-state index contributed by atoms with van der Waals surface area (Å²) in [6.45, 7) is 1.23. The number of carboxylic acid groups (broad SMARTS) is 1. The van der Waals surface area contributed by atoms with Crippen molar-refractivity contribution in [3.8, 4) is 0 Å². The van der Waals surface area contributed by atoms with Crippen LogP contribution < -0.4 is 0 Å². The Balaban J connectivity index is 1.59. The third-order valence-electron chi connectivity index (χ3n) is 5.09. The first-order valence-electron chi connectivity index (χ1n) is 9.17. The van der Waals surface area contributed by atoms with Gasteiger partial charge in [-0.25, -0.2) is 13.2 Å². The van der Waals surface area contributed by atoms with Gasteiger partial charge in [0.25, 0.3) is 0 Å². The van der Waals surface area contributed by atoms with Crippen LogP contribution in [0.2, 0.25) is 0 Å². The second kappa shape index (κ2) is 8.22. The molecule has 0 spiro atoms. The van der Waals surface area contributed by atoms with Crippen LogP contribution in [-0.4, -0.2) is 60.8 Å². The summed E-state index contributed by atoms with van der Waals surface area (Å²) in [5, 5.41) is 8.92. The van der Waals surface area contributed by atoms with Gasteiger partial charge in [0.2, 0.25) is 15.9 Å². The van der Waals surface area contributed by atoms with Gasteiger partial charge in [-0.2, -0.15) is 4.31 Å². The fourth-order valence-electron chi connectivity index (χ4n) is 3.47. The lowest BCUT2D eigenvalue weighted by molar-refractivity contribution is -0.131. The second-order valence-electron chi connectivity index (χ2n) is 6.90. The van der Waals surface area contributed by atoms with E-state index >= 15 is 0 Å². The maximum absolute atomic E-state index is 12.7. The summed E-state index contributed by atoms with van der Waals surface area (Å²) in [5.74, 6) is -1.04. The van der Waals surface area contributed by atoms with Crippen molar-refractivity contribution in [3.63, 3.8) is 0 Å². The van der Waals surface area contributed by atoms with E-state index in [1.54, 1.807) is 4.90 Å².